The lowest BCUT2D eigenvalue weighted by Crippen LogP contribution is -2.35. The van der Waals surface area contributed by atoms with E-state index in [2.05, 4.69) is 10.3 Å². The van der Waals surface area contributed by atoms with Gasteiger partial charge in [0.25, 0.3) is 0 Å². The zero-order valence-electron chi connectivity index (χ0n) is 10.3. The van der Waals surface area contributed by atoms with E-state index in [1.165, 1.54) is 0 Å². The van der Waals surface area contributed by atoms with Gasteiger partial charge in [0.15, 0.2) is 5.13 Å². The van der Waals surface area contributed by atoms with E-state index < -0.39 is 11.1 Å². The predicted molar refractivity (Wildman–Crippen MR) is 66.0 cm³/mol. The van der Waals surface area contributed by atoms with Gasteiger partial charge in [0.05, 0.1) is 6.20 Å². The second-order valence-corrected chi connectivity index (χ2v) is 5.55. The molecule has 1 N–H and O–H groups in total. The lowest BCUT2D eigenvalue weighted by molar-refractivity contribution is -0.134. The van der Waals surface area contributed by atoms with Crippen molar-refractivity contribution in [1.82, 2.24) is 9.88 Å². The molecule has 4 nitrogen and oxygen atoms in total. The van der Waals surface area contributed by atoms with Crippen molar-refractivity contribution in [2.75, 3.05) is 18.4 Å². The Labute approximate surface area is 112 Å². The Balaban J connectivity index is 1.90. The van der Waals surface area contributed by atoms with Crippen molar-refractivity contribution in [2.45, 2.75) is 32.0 Å². The van der Waals surface area contributed by atoms with E-state index in [1.807, 2.05) is 6.92 Å². The van der Waals surface area contributed by atoms with E-state index in [4.69, 9.17) is 0 Å². The minimum atomic E-state index is -4.36. The van der Waals surface area contributed by atoms with Crippen LogP contribution in [0.15, 0.2) is 6.20 Å². The number of thiazole rings is 1. The summed E-state index contributed by atoms with van der Waals surface area (Å²) in [4.78, 5) is 16.1. The smallest absolute Gasteiger partial charge is 0.357 e. The van der Waals surface area contributed by atoms with E-state index in [0.717, 1.165) is 19.2 Å². The number of nitrogens with zero attached hydrogens (tertiary/aromatic N) is 2. The van der Waals surface area contributed by atoms with Crippen molar-refractivity contribution in [2.24, 2.45) is 0 Å². The average molecular weight is 293 g/mol. The molecular weight excluding hydrogens is 279 g/mol. The molecule has 2 rings (SSSR count). The van der Waals surface area contributed by atoms with Crippen LogP contribution in [0.5, 0.6) is 0 Å². The summed E-state index contributed by atoms with van der Waals surface area (Å²) in [7, 11) is 0. The number of hydrogen-bond acceptors (Lipinski definition) is 4. The lowest BCUT2D eigenvalue weighted by atomic mass is 10.3. The third kappa shape index (κ3) is 3.59. The monoisotopic (exact) mass is 293 g/mol. The molecule has 19 heavy (non-hydrogen) atoms. The van der Waals surface area contributed by atoms with Gasteiger partial charge in [-0.15, -0.1) is 0 Å². The highest BCUT2D eigenvalue weighted by molar-refractivity contribution is 7.15. The fourth-order valence-electron chi connectivity index (χ4n) is 1.96. The van der Waals surface area contributed by atoms with Crippen LogP contribution in [0, 0.1) is 0 Å². The summed E-state index contributed by atoms with van der Waals surface area (Å²) < 4.78 is 37.2. The van der Waals surface area contributed by atoms with Gasteiger partial charge in [-0.05, 0) is 13.3 Å². The Bertz CT molecular complexity index is 460. The zero-order chi connectivity index (χ0) is 14.0. The summed E-state index contributed by atoms with van der Waals surface area (Å²) in [6.45, 7) is 3.02. The van der Waals surface area contributed by atoms with Crippen LogP contribution in [-0.4, -0.2) is 34.9 Å². The standard InChI is InChI=1S/C11H14F3N3OS/c1-7(6-17-4-2-3-9(17)18)16-10-15-5-8(19-10)11(12,13)14/h5,7H,2-4,6H2,1H3,(H,15,16). The van der Waals surface area contributed by atoms with Crippen molar-refractivity contribution in [3.8, 4) is 0 Å². The number of aromatic nitrogens is 1. The third-order valence-corrected chi connectivity index (χ3v) is 3.79. The van der Waals surface area contributed by atoms with Gasteiger partial charge in [0.2, 0.25) is 5.91 Å². The van der Waals surface area contributed by atoms with Crippen LogP contribution >= 0.6 is 11.3 Å². The summed E-state index contributed by atoms with van der Waals surface area (Å²) >= 11 is 0.576. The topological polar surface area (TPSA) is 45.2 Å². The van der Waals surface area contributed by atoms with E-state index in [1.54, 1.807) is 4.90 Å². The van der Waals surface area contributed by atoms with Gasteiger partial charge in [0.1, 0.15) is 4.88 Å². The number of hydrogen-bond donors (Lipinski definition) is 1. The molecular formula is C11H14F3N3OS. The maximum absolute atomic E-state index is 12.4. The highest BCUT2D eigenvalue weighted by Crippen LogP contribution is 2.35. The van der Waals surface area contributed by atoms with E-state index in [-0.39, 0.29) is 17.1 Å². The molecule has 0 radical (unpaired) electrons. The van der Waals surface area contributed by atoms with E-state index in [0.29, 0.717) is 24.3 Å². The first-order valence-corrected chi connectivity index (χ1v) is 6.75. The van der Waals surface area contributed by atoms with Gasteiger partial charge in [-0.3, -0.25) is 4.79 Å². The highest BCUT2D eigenvalue weighted by atomic mass is 32.1. The Morgan fingerprint density at radius 2 is 2.32 bits per heavy atom. The molecule has 1 aromatic heterocycles. The lowest BCUT2D eigenvalue weighted by Gasteiger charge is -2.21. The van der Waals surface area contributed by atoms with Gasteiger partial charge in [-0.25, -0.2) is 4.98 Å². The number of carbonyl (C=O) groups is 1. The maximum atomic E-state index is 12.4. The molecule has 0 saturated carbocycles. The summed E-state index contributed by atoms with van der Waals surface area (Å²) in [6.07, 6.45) is -2.13. The average Bonchev–Trinajstić information content (AvgIpc) is 2.88. The van der Waals surface area contributed by atoms with Gasteiger partial charge >= 0.3 is 6.18 Å². The number of alkyl halides is 3. The van der Waals surface area contributed by atoms with E-state index in [9.17, 15) is 18.0 Å². The summed E-state index contributed by atoms with van der Waals surface area (Å²) in [5.41, 5.74) is 0. The van der Waals surface area contributed by atoms with Crippen molar-refractivity contribution >= 4 is 22.4 Å². The SMILES string of the molecule is CC(CN1CCCC1=O)Nc1ncc(C(F)(F)F)s1. The molecule has 8 heteroatoms. The highest BCUT2D eigenvalue weighted by Gasteiger charge is 2.33. The molecule has 1 saturated heterocycles. The molecule has 0 bridgehead atoms. The summed E-state index contributed by atoms with van der Waals surface area (Å²) in [6, 6.07) is -0.130. The van der Waals surface area contributed by atoms with Crippen molar-refractivity contribution in [3.05, 3.63) is 11.1 Å². The first-order valence-electron chi connectivity index (χ1n) is 5.93. The van der Waals surface area contributed by atoms with Crippen molar-refractivity contribution in [3.63, 3.8) is 0 Å². The predicted octanol–water partition coefficient (Wildman–Crippen LogP) is 2.58. The fraction of sp³-hybridized carbons (Fsp3) is 0.636. The van der Waals surface area contributed by atoms with Crippen molar-refractivity contribution in [1.29, 1.82) is 0 Å². The number of nitrogens with one attached hydrogen (secondary N) is 1. The van der Waals surface area contributed by atoms with Gasteiger partial charge in [0, 0.05) is 25.6 Å². The largest absolute Gasteiger partial charge is 0.427 e. The Kier molecular flexibility index (Phi) is 3.98. The second-order valence-electron chi connectivity index (χ2n) is 4.52. The Morgan fingerprint density at radius 1 is 1.58 bits per heavy atom. The minimum absolute atomic E-state index is 0.101. The molecule has 0 aliphatic carbocycles. The van der Waals surface area contributed by atoms with Crippen LogP contribution in [0.3, 0.4) is 0 Å². The summed E-state index contributed by atoms with van der Waals surface area (Å²) in [5.74, 6) is 0.101. The van der Waals surface area contributed by atoms with Crippen LogP contribution in [0.25, 0.3) is 0 Å². The van der Waals surface area contributed by atoms with Crippen molar-refractivity contribution < 1.29 is 18.0 Å². The molecule has 2 heterocycles. The molecule has 0 aromatic carbocycles. The van der Waals surface area contributed by atoms with E-state index >= 15 is 0 Å². The van der Waals surface area contributed by atoms with Crippen LogP contribution in [0.4, 0.5) is 18.3 Å². The first kappa shape index (κ1) is 14.1. The molecule has 1 amide bonds. The maximum Gasteiger partial charge on any atom is 0.427 e. The van der Waals surface area contributed by atoms with Crippen LogP contribution < -0.4 is 5.32 Å². The molecule has 1 atom stereocenters. The number of anilines is 1. The second kappa shape index (κ2) is 5.36. The number of amides is 1. The zero-order valence-corrected chi connectivity index (χ0v) is 11.1. The minimum Gasteiger partial charge on any atom is -0.357 e. The molecule has 1 aromatic rings. The van der Waals surface area contributed by atoms with Gasteiger partial charge in [-0.1, -0.05) is 11.3 Å². The normalized spacial score (nSPS) is 17.9. The van der Waals surface area contributed by atoms with Gasteiger partial charge < -0.3 is 10.2 Å². The quantitative estimate of drug-likeness (QED) is 0.928. The number of rotatable bonds is 4. The Hall–Kier alpha value is -1.31. The molecule has 106 valence electrons. The fourth-order valence-corrected chi connectivity index (χ4v) is 2.75. The number of carbonyl (C=O) groups excluding carboxylic acids is 1. The van der Waals surface area contributed by atoms with Crippen LogP contribution in [0.2, 0.25) is 0 Å². The van der Waals surface area contributed by atoms with Gasteiger partial charge in [-0.2, -0.15) is 13.2 Å². The van der Waals surface area contributed by atoms with Crippen LogP contribution in [-0.2, 0) is 11.0 Å². The first-order chi connectivity index (χ1) is 8.86. The molecule has 1 aliphatic rings. The summed E-state index contributed by atoms with van der Waals surface area (Å²) in [5, 5.41) is 3.12. The Morgan fingerprint density at radius 3 is 2.84 bits per heavy atom. The molecule has 1 fully saturated rings. The molecule has 1 aliphatic heterocycles. The third-order valence-electron chi connectivity index (χ3n) is 2.82. The number of halogens is 3. The molecule has 0 spiro atoms. The molecule has 1 unspecified atom stereocenters. The van der Waals surface area contributed by atoms with Crippen LogP contribution in [0.1, 0.15) is 24.6 Å². The number of likely N-dealkylation sites (tertiary alicyclic amines) is 1.